The number of anilines is 1. The molecule has 1 heterocycles. The normalized spacial score (nSPS) is 10.8. The van der Waals surface area contributed by atoms with Crippen molar-refractivity contribution in [2.24, 2.45) is 7.05 Å². The standard InChI is InChI=1S/C18H19N3/c1-12-8-7-9-13(2)15(12)17-16(18(19)21(3)20-17)14-10-5-4-6-11-14/h4-11H,19H2,1-3H3. The van der Waals surface area contributed by atoms with E-state index in [0.717, 1.165) is 16.8 Å². The molecule has 0 aliphatic carbocycles. The fraction of sp³-hybridized carbons (Fsp3) is 0.167. The number of hydrogen-bond acceptors (Lipinski definition) is 2. The summed E-state index contributed by atoms with van der Waals surface area (Å²) in [5.74, 6) is 0.693. The first-order valence-corrected chi connectivity index (χ1v) is 7.04. The van der Waals surface area contributed by atoms with Crippen LogP contribution in [-0.2, 0) is 7.05 Å². The second kappa shape index (κ2) is 5.09. The van der Waals surface area contributed by atoms with Gasteiger partial charge in [0, 0.05) is 12.6 Å². The lowest BCUT2D eigenvalue weighted by Crippen LogP contribution is -1.97. The van der Waals surface area contributed by atoms with Crippen LogP contribution in [0.25, 0.3) is 22.4 Å². The number of nitrogen functional groups attached to an aromatic ring is 1. The topological polar surface area (TPSA) is 43.8 Å². The molecule has 106 valence electrons. The lowest BCUT2D eigenvalue weighted by atomic mass is 9.94. The van der Waals surface area contributed by atoms with Gasteiger partial charge in [0.05, 0.1) is 5.56 Å². The Labute approximate surface area is 125 Å². The Bertz CT molecular complexity index is 765. The van der Waals surface area contributed by atoms with E-state index in [2.05, 4.69) is 49.3 Å². The highest BCUT2D eigenvalue weighted by Gasteiger charge is 2.19. The average molecular weight is 277 g/mol. The molecule has 0 atom stereocenters. The smallest absolute Gasteiger partial charge is 0.129 e. The Hall–Kier alpha value is -2.55. The molecule has 3 nitrogen and oxygen atoms in total. The minimum Gasteiger partial charge on any atom is -0.383 e. The third kappa shape index (κ3) is 2.21. The van der Waals surface area contributed by atoms with Gasteiger partial charge in [-0.05, 0) is 30.5 Å². The van der Waals surface area contributed by atoms with Crippen LogP contribution in [0.15, 0.2) is 48.5 Å². The quantitative estimate of drug-likeness (QED) is 0.770. The summed E-state index contributed by atoms with van der Waals surface area (Å²) in [6.07, 6.45) is 0. The van der Waals surface area contributed by atoms with Crippen LogP contribution in [0.3, 0.4) is 0 Å². The number of nitrogens with two attached hydrogens (primary N) is 1. The molecule has 0 fully saturated rings. The number of nitrogens with zero attached hydrogens (tertiary/aromatic N) is 2. The first kappa shape index (κ1) is 13.4. The van der Waals surface area contributed by atoms with Crippen LogP contribution in [-0.4, -0.2) is 9.78 Å². The molecule has 3 rings (SSSR count). The van der Waals surface area contributed by atoms with Gasteiger partial charge in [0.25, 0.3) is 0 Å². The highest BCUT2D eigenvalue weighted by molar-refractivity contribution is 5.89. The van der Waals surface area contributed by atoms with Gasteiger partial charge in [-0.2, -0.15) is 5.10 Å². The van der Waals surface area contributed by atoms with E-state index < -0.39 is 0 Å². The second-order valence-corrected chi connectivity index (χ2v) is 5.37. The molecule has 0 amide bonds. The third-order valence-corrected chi connectivity index (χ3v) is 3.87. The molecule has 0 spiro atoms. The van der Waals surface area contributed by atoms with E-state index in [0.29, 0.717) is 5.82 Å². The maximum absolute atomic E-state index is 6.27. The molecular weight excluding hydrogens is 258 g/mol. The second-order valence-electron chi connectivity index (χ2n) is 5.37. The average Bonchev–Trinajstić information content (AvgIpc) is 2.75. The molecule has 3 aromatic rings. The predicted octanol–water partition coefficient (Wildman–Crippen LogP) is 3.95. The highest BCUT2D eigenvalue weighted by Crippen LogP contribution is 2.38. The van der Waals surface area contributed by atoms with E-state index in [-0.39, 0.29) is 0 Å². The fourth-order valence-corrected chi connectivity index (χ4v) is 2.79. The van der Waals surface area contributed by atoms with Gasteiger partial charge in [0.1, 0.15) is 11.5 Å². The van der Waals surface area contributed by atoms with Crippen LogP contribution in [0.1, 0.15) is 11.1 Å². The SMILES string of the molecule is Cc1cccc(C)c1-c1nn(C)c(N)c1-c1ccccc1. The number of aryl methyl sites for hydroxylation is 3. The van der Waals surface area contributed by atoms with Crippen molar-refractivity contribution in [1.82, 2.24) is 9.78 Å². The summed E-state index contributed by atoms with van der Waals surface area (Å²) in [7, 11) is 1.89. The number of aromatic nitrogens is 2. The summed E-state index contributed by atoms with van der Waals surface area (Å²) in [5, 5.41) is 4.67. The summed E-state index contributed by atoms with van der Waals surface area (Å²) < 4.78 is 1.75. The molecule has 0 aliphatic rings. The maximum Gasteiger partial charge on any atom is 0.129 e. The molecule has 0 saturated carbocycles. The van der Waals surface area contributed by atoms with E-state index in [1.165, 1.54) is 16.7 Å². The van der Waals surface area contributed by atoms with Gasteiger partial charge in [-0.3, -0.25) is 4.68 Å². The maximum atomic E-state index is 6.27. The van der Waals surface area contributed by atoms with Gasteiger partial charge in [-0.25, -0.2) is 0 Å². The Balaban J connectivity index is 2.33. The van der Waals surface area contributed by atoms with Gasteiger partial charge in [0.15, 0.2) is 0 Å². The molecule has 0 bridgehead atoms. The summed E-state index contributed by atoms with van der Waals surface area (Å²) in [6, 6.07) is 16.5. The van der Waals surface area contributed by atoms with Crippen LogP contribution in [0.2, 0.25) is 0 Å². The van der Waals surface area contributed by atoms with Crippen molar-refractivity contribution in [3.8, 4) is 22.4 Å². The van der Waals surface area contributed by atoms with Gasteiger partial charge < -0.3 is 5.73 Å². The first-order valence-electron chi connectivity index (χ1n) is 7.04. The van der Waals surface area contributed by atoms with E-state index in [1.807, 2.05) is 25.2 Å². The Morgan fingerprint density at radius 1 is 0.857 bits per heavy atom. The zero-order valence-electron chi connectivity index (χ0n) is 12.6. The van der Waals surface area contributed by atoms with Crippen molar-refractivity contribution in [3.63, 3.8) is 0 Å². The minimum atomic E-state index is 0.693. The van der Waals surface area contributed by atoms with E-state index in [4.69, 9.17) is 5.73 Å². The predicted molar refractivity (Wildman–Crippen MR) is 88.0 cm³/mol. The van der Waals surface area contributed by atoms with Crippen molar-refractivity contribution >= 4 is 5.82 Å². The van der Waals surface area contributed by atoms with Crippen molar-refractivity contribution in [2.75, 3.05) is 5.73 Å². The van der Waals surface area contributed by atoms with Gasteiger partial charge in [-0.1, -0.05) is 48.5 Å². The molecule has 0 radical (unpaired) electrons. The van der Waals surface area contributed by atoms with Crippen LogP contribution < -0.4 is 5.73 Å². The van der Waals surface area contributed by atoms with Crippen LogP contribution >= 0.6 is 0 Å². The molecule has 0 aliphatic heterocycles. The lowest BCUT2D eigenvalue weighted by Gasteiger charge is -2.10. The molecule has 3 heteroatoms. The Kier molecular flexibility index (Phi) is 3.26. The largest absolute Gasteiger partial charge is 0.383 e. The molecule has 1 aromatic heterocycles. The summed E-state index contributed by atoms with van der Waals surface area (Å²) in [4.78, 5) is 0. The van der Waals surface area contributed by atoms with Gasteiger partial charge in [0.2, 0.25) is 0 Å². The van der Waals surface area contributed by atoms with Crippen LogP contribution in [0, 0.1) is 13.8 Å². The Morgan fingerprint density at radius 2 is 1.48 bits per heavy atom. The van der Waals surface area contributed by atoms with Crippen molar-refractivity contribution in [1.29, 1.82) is 0 Å². The number of hydrogen-bond donors (Lipinski definition) is 1. The zero-order valence-corrected chi connectivity index (χ0v) is 12.6. The zero-order chi connectivity index (χ0) is 15.0. The Morgan fingerprint density at radius 3 is 2.10 bits per heavy atom. The molecule has 0 saturated heterocycles. The summed E-state index contributed by atoms with van der Waals surface area (Å²) >= 11 is 0. The molecule has 21 heavy (non-hydrogen) atoms. The first-order chi connectivity index (χ1) is 10.1. The van der Waals surface area contributed by atoms with Gasteiger partial charge in [-0.15, -0.1) is 0 Å². The van der Waals surface area contributed by atoms with Crippen molar-refractivity contribution in [3.05, 3.63) is 59.7 Å². The minimum absolute atomic E-state index is 0.693. The van der Waals surface area contributed by atoms with Gasteiger partial charge >= 0.3 is 0 Å². The summed E-state index contributed by atoms with van der Waals surface area (Å²) in [5.41, 5.74) is 12.9. The van der Waals surface area contributed by atoms with E-state index in [9.17, 15) is 0 Å². The third-order valence-electron chi connectivity index (χ3n) is 3.87. The lowest BCUT2D eigenvalue weighted by molar-refractivity contribution is 0.782. The number of rotatable bonds is 2. The molecule has 0 unspecified atom stereocenters. The summed E-state index contributed by atoms with van der Waals surface area (Å²) in [6.45, 7) is 4.23. The van der Waals surface area contributed by atoms with E-state index in [1.54, 1.807) is 4.68 Å². The molecular formula is C18H19N3. The van der Waals surface area contributed by atoms with Crippen LogP contribution in [0.5, 0.6) is 0 Å². The monoisotopic (exact) mass is 277 g/mol. The molecule has 2 N–H and O–H groups in total. The van der Waals surface area contributed by atoms with E-state index >= 15 is 0 Å². The fourth-order valence-electron chi connectivity index (χ4n) is 2.79. The van der Waals surface area contributed by atoms with Crippen molar-refractivity contribution in [2.45, 2.75) is 13.8 Å². The van der Waals surface area contributed by atoms with Crippen molar-refractivity contribution < 1.29 is 0 Å². The molecule has 2 aromatic carbocycles. The van der Waals surface area contributed by atoms with Crippen LogP contribution in [0.4, 0.5) is 5.82 Å². The highest BCUT2D eigenvalue weighted by atomic mass is 15.3. The number of benzene rings is 2.